The molecule has 3 nitrogen and oxygen atoms in total. The van der Waals surface area contributed by atoms with Crippen LogP contribution in [0.15, 0.2) is 24.3 Å². The molecule has 1 aromatic rings. The first-order valence-corrected chi connectivity index (χ1v) is 7.24. The third kappa shape index (κ3) is 3.80. The maximum Gasteiger partial charge on any atom is 0.303 e. The normalized spacial score (nSPS) is 18.2. The topological polar surface area (TPSA) is 63.3 Å². The van der Waals surface area contributed by atoms with Crippen LogP contribution in [-0.4, -0.2) is 11.1 Å². The first-order chi connectivity index (χ1) is 9.18. The van der Waals surface area contributed by atoms with Crippen LogP contribution in [0.4, 0.5) is 0 Å². The molecule has 19 heavy (non-hydrogen) atoms. The smallest absolute Gasteiger partial charge is 0.303 e. The summed E-state index contributed by atoms with van der Waals surface area (Å²) < 4.78 is 0. The van der Waals surface area contributed by atoms with Crippen LogP contribution in [0.25, 0.3) is 0 Å². The fourth-order valence-corrected chi connectivity index (χ4v) is 3.07. The van der Waals surface area contributed by atoms with Crippen LogP contribution >= 0.6 is 0 Å². The van der Waals surface area contributed by atoms with Crippen molar-refractivity contribution in [2.45, 2.75) is 56.9 Å². The fourth-order valence-electron chi connectivity index (χ4n) is 3.07. The van der Waals surface area contributed by atoms with Crippen LogP contribution in [-0.2, 0) is 4.79 Å². The Balaban J connectivity index is 2.12. The fraction of sp³-hybridized carbons (Fsp3) is 0.562. The summed E-state index contributed by atoms with van der Waals surface area (Å²) in [7, 11) is 0. The molecule has 0 heterocycles. The van der Waals surface area contributed by atoms with Crippen molar-refractivity contribution in [2.75, 3.05) is 0 Å². The lowest BCUT2D eigenvalue weighted by atomic mass is 9.80. The monoisotopic (exact) mass is 261 g/mol. The highest BCUT2D eigenvalue weighted by molar-refractivity contribution is 5.66. The molecule has 2 rings (SSSR count). The average Bonchev–Trinajstić information content (AvgIpc) is 2.45. The van der Waals surface area contributed by atoms with E-state index in [2.05, 4.69) is 18.2 Å². The molecule has 0 bridgehead atoms. The molecule has 104 valence electrons. The highest BCUT2D eigenvalue weighted by atomic mass is 16.4. The summed E-state index contributed by atoms with van der Waals surface area (Å²) in [6, 6.07) is 8.15. The summed E-state index contributed by atoms with van der Waals surface area (Å²) in [5.41, 5.74) is 8.68. The Morgan fingerprint density at radius 2 is 1.95 bits per heavy atom. The van der Waals surface area contributed by atoms with Crippen molar-refractivity contribution < 1.29 is 9.90 Å². The van der Waals surface area contributed by atoms with Gasteiger partial charge >= 0.3 is 5.97 Å². The third-order valence-electron chi connectivity index (χ3n) is 4.11. The van der Waals surface area contributed by atoms with Gasteiger partial charge in [0.25, 0.3) is 0 Å². The largest absolute Gasteiger partial charge is 0.481 e. The minimum Gasteiger partial charge on any atom is -0.481 e. The number of benzene rings is 1. The van der Waals surface area contributed by atoms with E-state index in [4.69, 9.17) is 10.8 Å². The van der Waals surface area contributed by atoms with Crippen LogP contribution in [0.3, 0.4) is 0 Å². The van der Waals surface area contributed by atoms with Crippen molar-refractivity contribution in [3.63, 3.8) is 0 Å². The summed E-state index contributed by atoms with van der Waals surface area (Å²) >= 11 is 0. The minimum atomic E-state index is -0.773. The van der Waals surface area contributed by atoms with Gasteiger partial charge in [0, 0.05) is 12.5 Å². The maximum atomic E-state index is 10.7. The van der Waals surface area contributed by atoms with Crippen LogP contribution in [0.2, 0.25) is 0 Å². The molecule has 1 aliphatic carbocycles. The van der Waals surface area contributed by atoms with E-state index < -0.39 is 5.97 Å². The van der Waals surface area contributed by atoms with E-state index in [1.807, 2.05) is 6.07 Å². The Kier molecular flexibility index (Phi) is 4.97. The van der Waals surface area contributed by atoms with E-state index in [1.165, 1.54) is 37.7 Å². The van der Waals surface area contributed by atoms with Gasteiger partial charge in [-0.2, -0.15) is 0 Å². The van der Waals surface area contributed by atoms with Crippen LogP contribution < -0.4 is 5.73 Å². The second kappa shape index (κ2) is 6.71. The Morgan fingerprint density at radius 1 is 1.26 bits per heavy atom. The molecule has 3 N–H and O–H groups in total. The quantitative estimate of drug-likeness (QED) is 0.851. The molecular weight excluding hydrogens is 238 g/mol. The van der Waals surface area contributed by atoms with Gasteiger partial charge in [0.2, 0.25) is 0 Å². The minimum absolute atomic E-state index is 0.139. The summed E-state index contributed by atoms with van der Waals surface area (Å²) in [6.07, 6.45) is 7.06. The molecule has 1 unspecified atom stereocenters. The molecule has 1 atom stereocenters. The number of carbonyl (C=O) groups is 1. The van der Waals surface area contributed by atoms with Gasteiger partial charge in [0.15, 0.2) is 0 Å². The van der Waals surface area contributed by atoms with E-state index in [0.717, 1.165) is 5.56 Å². The summed E-state index contributed by atoms with van der Waals surface area (Å²) in [4.78, 5) is 10.7. The number of nitrogens with two attached hydrogens (primary N) is 1. The van der Waals surface area contributed by atoms with Gasteiger partial charge in [-0.15, -0.1) is 0 Å². The van der Waals surface area contributed by atoms with Crippen LogP contribution in [0.5, 0.6) is 0 Å². The Hall–Kier alpha value is -1.35. The van der Waals surface area contributed by atoms with Gasteiger partial charge in [-0.25, -0.2) is 0 Å². The zero-order valence-electron chi connectivity index (χ0n) is 11.3. The van der Waals surface area contributed by atoms with Gasteiger partial charge in [-0.1, -0.05) is 43.5 Å². The van der Waals surface area contributed by atoms with Crippen LogP contribution in [0.1, 0.15) is 68.0 Å². The predicted octanol–water partition coefficient (Wildman–Crippen LogP) is 3.60. The molecule has 0 amide bonds. The number of hydrogen-bond donors (Lipinski definition) is 2. The van der Waals surface area contributed by atoms with Crippen molar-refractivity contribution >= 4 is 5.97 Å². The van der Waals surface area contributed by atoms with Crippen molar-refractivity contribution in [1.29, 1.82) is 0 Å². The molecule has 0 radical (unpaired) electrons. The average molecular weight is 261 g/mol. The van der Waals surface area contributed by atoms with E-state index >= 15 is 0 Å². The number of aliphatic carboxylic acids is 1. The first-order valence-electron chi connectivity index (χ1n) is 7.24. The number of rotatable bonds is 5. The zero-order valence-corrected chi connectivity index (χ0v) is 11.3. The van der Waals surface area contributed by atoms with Gasteiger partial charge < -0.3 is 10.8 Å². The summed E-state index contributed by atoms with van der Waals surface area (Å²) in [5, 5.41) is 8.77. The van der Waals surface area contributed by atoms with Crippen molar-refractivity contribution in [3.05, 3.63) is 35.4 Å². The number of hydrogen-bond acceptors (Lipinski definition) is 2. The molecule has 1 aromatic carbocycles. The molecule has 0 aromatic heterocycles. The second-order valence-corrected chi connectivity index (χ2v) is 5.50. The molecule has 0 saturated heterocycles. The molecular formula is C16H23NO2. The lowest BCUT2D eigenvalue weighted by Gasteiger charge is -2.26. The van der Waals surface area contributed by atoms with E-state index in [1.54, 1.807) is 0 Å². The van der Waals surface area contributed by atoms with E-state index in [-0.39, 0.29) is 12.5 Å². The van der Waals surface area contributed by atoms with Gasteiger partial charge in [-0.05, 0) is 36.3 Å². The van der Waals surface area contributed by atoms with E-state index in [0.29, 0.717) is 12.3 Å². The van der Waals surface area contributed by atoms with Gasteiger partial charge in [-0.3, -0.25) is 4.79 Å². The summed E-state index contributed by atoms with van der Waals surface area (Å²) in [6.45, 7) is 0. The zero-order chi connectivity index (χ0) is 13.7. The SMILES string of the molecule is NC(CCC(=O)O)c1ccccc1C1CCCCC1. The van der Waals surface area contributed by atoms with Crippen molar-refractivity contribution in [3.8, 4) is 0 Å². The predicted molar refractivity (Wildman–Crippen MR) is 76.1 cm³/mol. The van der Waals surface area contributed by atoms with Crippen molar-refractivity contribution in [1.82, 2.24) is 0 Å². The van der Waals surface area contributed by atoms with Crippen LogP contribution in [0, 0.1) is 0 Å². The second-order valence-electron chi connectivity index (χ2n) is 5.50. The lowest BCUT2D eigenvalue weighted by molar-refractivity contribution is -0.137. The highest BCUT2D eigenvalue weighted by Gasteiger charge is 2.20. The molecule has 3 heteroatoms. The number of carboxylic acid groups (broad SMARTS) is 1. The Labute approximate surface area is 114 Å². The Morgan fingerprint density at radius 3 is 2.63 bits per heavy atom. The highest BCUT2D eigenvalue weighted by Crippen LogP contribution is 2.36. The summed E-state index contributed by atoms with van der Waals surface area (Å²) in [5.74, 6) is -0.161. The third-order valence-corrected chi connectivity index (χ3v) is 4.11. The maximum absolute atomic E-state index is 10.7. The van der Waals surface area contributed by atoms with E-state index in [9.17, 15) is 4.79 Å². The van der Waals surface area contributed by atoms with Gasteiger partial charge in [0.05, 0.1) is 0 Å². The molecule has 1 fully saturated rings. The van der Waals surface area contributed by atoms with Gasteiger partial charge in [0.1, 0.15) is 0 Å². The molecule has 1 aliphatic rings. The number of carboxylic acids is 1. The lowest BCUT2D eigenvalue weighted by Crippen LogP contribution is -2.16. The molecule has 0 spiro atoms. The molecule has 1 saturated carbocycles. The standard InChI is InChI=1S/C16H23NO2/c17-15(10-11-16(18)19)14-9-5-4-8-13(14)12-6-2-1-3-7-12/h4-5,8-9,12,15H,1-3,6-7,10-11,17H2,(H,18,19). The Bertz CT molecular complexity index is 425. The first kappa shape index (κ1) is 14.1. The van der Waals surface area contributed by atoms with Crippen molar-refractivity contribution in [2.24, 2.45) is 5.73 Å². The molecule has 0 aliphatic heterocycles.